The number of pyridine rings is 1. The number of carbonyl (C=O) groups is 1. The average Bonchev–Trinajstić information content (AvgIpc) is 3.31. The molecule has 0 aliphatic carbocycles. The molecule has 0 aliphatic rings. The molecule has 0 spiro atoms. The van der Waals surface area contributed by atoms with Gasteiger partial charge in [-0.25, -0.2) is 9.97 Å². The minimum Gasteiger partial charge on any atom is -0.441 e. The van der Waals surface area contributed by atoms with Gasteiger partial charge in [0.15, 0.2) is 11.7 Å². The Balaban J connectivity index is 1.32. The molecule has 1 N–H and O–H groups in total. The molecule has 3 aromatic heterocycles. The Morgan fingerprint density at radius 2 is 1.93 bits per heavy atom. The first-order valence-electron chi connectivity index (χ1n) is 8.78. The zero-order valence-corrected chi connectivity index (χ0v) is 17.3. The van der Waals surface area contributed by atoms with E-state index in [-0.39, 0.29) is 12.3 Å². The Bertz CT molecular complexity index is 1190. The van der Waals surface area contributed by atoms with Crippen LogP contribution in [0.1, 0.15) is 18.0 Å². The summed E-state index contributed by atoms with van der Waals surface area (Å²) in [4.78, 5) is 20.8. The summed E-state index contributed by atoms with van der Waals surface area (Å²) in [6.07, 6.45) is 5.80. The average molecular weight is 450 g/mol. The molecule has 0 radical (unpaired) electrons. The number of halogens is 3. The summed E-state index contributed by atoms with van der Waals surface area (Å²) < 4.78 is 7.53. The van der Waals surface area contributed by atoms with Crippen LogP contribution >= 0.6 is 34.8 Å². The van der Waals surface area contributed by atoms with Crippen molar-refractivity contribution in [3.8, 4) is 11.3 Å². The molecule has 0 saturated heterocycles. The Morgan fingerprint density at radius 3 is 2.76 bits per heavy atom. The van der Waals surface area contributed by atoms with E-state index in [1.807, 2.05) is 16.7 Å². The lowest BCUT2D eigenvalue weighted by Gasteiger charge is -2.02. The molecule has 0 unspecified atom stereocenters. The number of hydrogen-bond donors (Lipinski definition) is 1. The Morgan fingerprint density at radius 1 is 1.10 bits per heavy atom. The van der Waals surface area contributed by atoms with Crippen LogP contribution in [0.4, 0.5) is 0 Å². The van der Waals surface area contributed by atoms with E-state index in [2.05, 4.69) is 15.3 Å². The highest BCUT2D eigenvalue weighted by molar-refractivity contribution is 6.36. The van der Waals surface area contributed by atoms with E-state index < -0.39 is 0 Å². The third-order valence-electron chi connectivity index (χ3n) is 4.25. The highest BCUT2D eigenvalue weighted by Gasteiger charge is 2.12. The molecular weight excluding hydrogens is 435 g/mol. The molecule has 1 aromatic carbocycles. The number of aromatic nitrogens is 3. The van der Waals surface area contributed by atoms with Crippen LogP contribution in [-0.2, 0) is 17.8 Å². The van der Waals surface area contributed by atoms with Gasteiger partial charge in [-0.05, 0) is 30.3 Å². The molecule has 0 atom stereocenters. The fourth-order valence-electron chi connectivity index (χ4n) is 2.84. The van der Waals surface area contributed by atoms with Gasteiger partial charge < -0.3 is 14.1 Å². The Hall–Kier alpha value is -2.54. The van der Waals surface area contributed by atoms with Crippen molar-refractivity contribution in [2.24, 2.45) is 0 Å². The zero-order valence-electron chi connectivity index (χ0n) is 15.0. The van der Waals surface area contributed by atoms with Gasteiger partial charge in [-0.3, -0.25) is 4.79 Å². The SMILES string of the molecule is O=C(CCc1ncc(-c2ccc(Cl)cc2Cl)o1)NCc1cn2cc(Cl)ccc2n1. The number of hydrogen-bond acceptors (Lipinski definition) is 4. The normalized spacial score (nSPS) is 11.1. The van der Waals surface area contributed by atoms with Gasteiger partial charge in [0.1, 0.15) is 5.65 Å². The van der Waals surface area contributed by atoms with Crippen LogP contribution in [0, 0.1) is 0 Å². The first kappa shape index (κ1) is 19.8. The second-order valence-corrected chi connectivity index (χ2v) is 7.64. The predicted octanol–water partition coefficient (Wildman–Crippen LogP) is 5.20. The number of fused-ring (bicyclic) bond motifs is 1. The monoisotopic (exact) mass is 448 g/mol. The Labute approximate surface area is 181 Å². The maximum Gasteiger partial charge on any atom is 0.220 e. The second kappa shape index (κ2) is 8.45. The van der Waals surface area contributed by atoms with Crippen LogP contribution in [0.25, 0.3) is 17.0 Å². The maximum atomic E-state index is 12.2. The zero-order chi connectivity index (χ0) is 20.4. The fourth-order valence-corrected chi connectivity index (χ4v) is 3.51. The molecule has 4 rings (SSSR count). The predicted molar refractivity (Wildman–Crippen MR) is 112 cm³/mol. The standard InChI is InChI=1S/C20H15Cl3N4O2/c21-12-1-3-15(16(23)7-12)17-9-25-20(29-17)6-5-19(28)24-8-14-11-27-10-13(22)2-4-18(27)26-14/h1-4,7,9-11H,5-6,8H2,(H,24,28). The maximum absolute atomic E-state index is 12.2. The molecule has 1 amide bonds. The largest absolute Gasteiger partial charge is 0.441 e. The van der Waals surface area contributed by atoms with Gasteiger partial charge in [0.2, 0.25) is 5.91 Å². The summed E-state index contributed by atoms with van der Waals surface area (Å²) in [6.45, 7) is 0.329. The summed E-state index contributed by atoms with van der Waals surface area (Å²) in [5, 5.41) is 4.49. The molecule has 0 saturated carbocycles. The molecule has 3 heterocycles. The van der Waals surface area contributed by atoms with Crippen LogP contribution < -0.4 is 5.32 Å². The number of oxazole rings is 1. The minimum absolute atomic E-state index is 0.121. The lowest BCUT2D eigenvalue weighted by atomic mass is 10.2. The Kier molecular flexibility index (Phi) is 5.76. The van der Waals surface area contributed by atoms with Crippen LogP contribution in [0.15, 0.2) is 53.3 Å². The number of aryl methyl sites for hydroxylation is 1. The van der Waals surface area contributed by atoms with Gasteiger partial charge in [-0.2, -0.15) is 0 Å². The van der Waals surface area contributed by atoms with Crippen molar-refractivity contribution in [1.29, 1.82) is 0 Å². The number of imidazole rings is 1. The van der Waals surface area contributed by atoms with Crippen LogP contribution in [-0.4, -0.2) is 20.3 Å². The van der Waals surface area contributed by atoms with Crippen molar-refractivity contribution in [2.75, 3.05) is 0 Å². The van der Waals surface area contributed by atoms with Crippen molar-refractivity contribution < 1.29 is 9.21 Å². The van der Waals surface area contributed by atoms with Crippen molar-refractivity contribution >= 4 is 46.4 Å². The summed E-state index contributed by atoms with van der Waals surface area (Å²) in [5.41, 5.74) is 2.22. The summed E-state index contributed by atoms with van der Waals surface area (Å²) in [6, 6.07) is 8.73. The van der Waals surface area contributed by atoms with Crippen LogP contribution in [0.5, 0.6) is 0 Å². The molecule has 6 nitrogen and oxygen atoms in total. The van der Waals surface area contributed by atoms with E-state index >= 15 is 0 Å². The molecule has 0 bridgehead atoms. The summed E-state index contributed by atoms with van der Waals surface area (Å²) in [7, 11) is 0. The van der Waals surface area contributed by atoms with Crippen molar-refractivity contribution in [3.05, 3.63) is 75.6 Å². The molecule has 0 aliphatic heterocycles. The van der Waals surface area contributed by atoms with Crippen molar-refractivity contribution in [1.82, 2.24) is 19.7 Å². The number of nitrogens with one attached hydrogen (secondary N) is 1. The topological polar surface area (TPSA) is 72.4 Å². The van der Waals surface area contributed by atoms with Gasteiger partial charge >= 0.3 is 0 Å². The first-order valence-corrected chi connectivity index (χ1v) is 9.91. The lowest BCUT2D eigenvalue weighted by Crippen LogP contribution is -2.23. The van der Waals surface area contributed by atoms with E-state index in [1.54, 1.807) is 36.7 Å². The van der Waals surface area contributed by atoms with E-state index in [0.29, 0.717) is 45.2 Å². The van der Waals surface area contributed by atoms with Crippen LogP contribution in [0.2, 0.25) is 15.1 Å². The highest BCUT2D eigenvalue weighted by atomic mass is 35.5. The lowest BCUT2D eigenvalue weighted by molar-refractivity contribution is -0.121. The molecular formula is C20H15Cl3N4O2. The summed E-state index contributed by atoms with van der Waals surface area (Å²) >= 11 is 18.1. The van der Waals surface area contributed by atoms with E-state index in [9.17, 15) is 4.79 Å². The quantitative estimate of drug-likeness (QED) is 0.439. The second-order valence-electron chi connectivity index (χ2n) is 6.36. The van der Waals surface area contributed by atoms with Crippen LogP contribution in [0.3, 0.4) is 0 Å². The van der Waals surface area contributed by atoms with Gasteiger partial charge in [-0.15, -0.1) is 0 Å². The molecule has 29 heavy (non-hydrogen) atoms. The highest BCUT2D eigenvalue weighted by Crippen LogP contribution is 2.30. The van der Waals surface area contributed by atoms with Crippen molar-refractivity contribution in [2.45, 2.75) is 19.4 Å². The molecule has 0 fully saturated rings. The van der Waals surface area contributed by atoms with E-state index in [0.717, 1.165) is 11.3 Å². The number of rotatable bonds is 6. The smallest absolute Gasteiger partial charge is 0.220 e. The van der Waals surface area contributed by atoms with Gasteiger partial charge in [-0.1, -0.05) is 34.8 Å². The first-order chi connectivity index (χ1) is 14.0. The number of nitrogens with zero attached hydrogens (tertiary/aromatic N) is 3. The van der Waals surface area contributed by atoms with Crippen molar-refractivity contribution in [3.63, 3.8) is 0 Å². The van der Waals surface area contributed by atoms with Gasteiger partial charge in [0, 0.05) is 35.8 Å². The van der Waals surface area contributed by atoms with E-state index in [1.165, 1.54) is 0 Å². The van der Waals surface area contributed by atoms with Gasteiger partial charge in [0.25, 0.3) is 0 Å². The third kappa shape index (κ3) is 4.72. The fraction of sp³-hybridized carbons (Fsp3) is 0.150. The number of amides is 1. The van der Waals surface area contributed by atoms with E-state index in [4.69, 9.17) is 39.2 Å². The van der Waals surface area contributed by atoms with Gasteiger partial charge in [0.05, 0.1) is 28.5 Å². The molecule has 4 aromatic rings. The third-order valence-corrected chi connectivity index (χ3v) is 5.02. The molecule has 9 heteroatoms. The number of carbonyl (C=O) groups excluding carboxylic acids is 1. The minimum atomic E-state index is -0.121. The molecule has 148 valence electrons. The summed E-state index contributed by atoms with van der Waals surface area (Å²) in [5.74, 6) is 0.873. The number of benzene rings is 1.